The maximum absolute atomic E-state index is 11.5. The van der Waals surface area contributed by atoms with Gasteiger partial charge in [0.1, 0.15) is 0 Å². The first kappa shape index (κ1) is 11.4. The molecule has 1 atom stereocenters. The average Bonchev–Trinajstić information content (AvgIpc) is 2.51. The van der Waals surface area contributed by atoms with E-state index in [-0.39, 0.29) is 11.7 Å². The molecule has 14 heavy (non-hydrogen) atoms. The minimum Gasteiger partial charge on any atom is -0.481 e. The molecule has 1 aliphatic rings. The molecule has 1 saturated heterocycles. The van der Waals surface area contributed by atoms with Gasteiger partial charge in [-0.15, -0.1) is 11.8 Å². The van der Waals surface area contributed by atoms with E-state index in [1.54, 1.807) is 0 Å². The van der Waals surface area contributed by atoms with Crippen molar-refractivity contribution in [3.05, 3.63) is 0 Å². The molecule has 1 heterocycles. The van der Waals surface area contributed by atoms with Gasteiger partial charge in [-0.2, -0.15) is 0 Å². The van der Waals surface area contributed by atoms with E-state index in [9.17, 15) is 9.59 Å². The lowest BCUT2D eigenvalue weighted by Crippen LogP contribution is -2.30. The second-order valence-corrected chi connectivity index (χ2v) is 4.61. The number of carbonyl (C=O) groups excluding carboxylic acids is 1. The molecular weight excluding hydrogens is 202 g/mol. The number of carbonyl (C=O) groups is 2. The van der Waals surface area contributed by atoms with Crippen LogP contribution in [0.3, 0.4) is 0 Å². The zero-order valence-corrected chi connectivity index (χ0v) is 9.05. The molecule has 0 saturated carbocycles. The van der Waals surface area contributed by atoms with Crippen molar-refractivity contribution in [1.29, 1.82) is 0 Å². The summed E-state index contributed by atoms with van der Waals surface area (Å²) in [7, 11) is 0. The molecule has 5 heteroatoms. The zero-order valence-electron chi connectivity index (χ0n) is 8.23. The number of carboxylic acids is 1. The van der Waals surface area contributed by atoms with Crippen molar-refractivity contribution < 1.29 is 14.7 Å². The van der Waals surface area contributed by atoms with Crippen LogP contribution in [0.25, 0.3) is 0 Å². The van der Waals surface area contributed by atoms with E-state index in [4.69, 9.17) is 5.11 Å². The number of nitrogens with zero attached hydrogens (tertiary/aromatic N) is 1. The van der Waals surface area contributed by atoms with Gasteiger partial charge in [-0.3, -0.25) is 9.59 Å². The number of thioether (sulfide) groups is 1. The van der Waals surface area contributed by atoms with E-state index in [0.717, 1.165) is 19.5 Å². The number of hydrogen-bond acceptors (Lipinski definition) is 3. The third-order valence-electron chi connectivity index (χ3n) is 2.23. The molecule has 0 aromatic heterocycles. The minimum absolute atomic E-state index is 0.00906. The molecule has 1 aliphatic heterocycles. The van der Waals surface area contributed by atoms with E-state index in [2.05, 4.69) is 6.92 Å². The number of amides is 1. The van der Waals surface area contributed by atoms with Crippen LogP contribution >= 0.6 is 11.8 Å². The molecule has 1 fully saturated rings. The van der Waals surface area contributed by atoms with Gasteiger partial charge in [-0.25, -0.2) is 0 Å². The molecule has 0 bridgehead atoms. The van der Waals surface area contributed by atoms with Gasteiger partial charge in [-0.05, 0) is 12.3 Å². The molecule has 0 aromatic rings. The monoisotopic (exact) mass is 217 g/mol. The van der Waals surface area contributed by atoms with Gasteiger partial charge in [0, 0.05) is 13.1 Å². The second kappa shape index (κ2) is 5.24. The molecule has 0 radical (unpaired) electrons. The van der Waals surface area contributed by atoms with Crippen molar-refractivity contribution in [3.8, 4) is 0 Å². The van der Waals surface area contributed by atoms with Crippen LogP contribution in [-0.4, -0.2) is 46.5 Å². The molecule has 0 aromatic carbocycles. The van der Waals surface area contributed by atoms with Crippen LogP contribution in [0.1, 0.15) is 13.3 Å². The van der Waals surface area contributed by atoms with E-state index in [0.29, 0.717) is 11.7 Å². The summed E-state index contributed by atoms with van der Waals surface area (Å²) in [6, 6.07) is 0. The van der Waals surface area contributed by atoms with E-state index in [1.165, 1.54) is 11.8 Å². The SMILES string of the molecule is CC1CCN(C(=O)CSCC(=O)O)C1. The zero-order chi connectivity index (χ0) is 10.6. The van der Waals surface area contributed by atoms with Crippen LogP contribution in [0.2, 0.25) is 0 Å². The van der Waals surface area contributed by atoms with E-state index >= 15 is 0 Å². The Labute approximate surface area is 87.7 Å². The summed E-state index contributed by atoms with van der Waals surface area (Å²) in [4.78, 5) is 23.5. The van der Waals surface area contributed by atoms with Gasteiger partial charge in [0.05, 0.1) is 11.5 Å². The van der Waals surface area contributed by atoms with Gasteiger partial charge < -0.3 is 10.0 Å². The van der Waals surface area contributed by atoms with Gasteiger partial charge in [0.2, 0.25) is 5.91 Å². The fourth-order valence-electron chi connectivity index (χ4n) is 1.48. The highest BCUT2D eigenvalue weighted by Gasteiger charge is 2.22. The van der Waals surface area contributed by atoms with Crippen LogP contribution in [0.15, 0.2) is 0 Å². The standard InChI is InChI=1S/C9H15NO3S/c1-7-2-3-10(4-7)8(11)5-14-6-9(12)13/h7H,2-6H2,1H3,(H,12,13). The summed E-state index contributed by atoms with van der Waals surface area (Å²) in [5, 5.41) is 8.39. The Morgan fingerprint density at radius 3 is 2.71 bits per heavy atom. The Bertz CT molecular complexity index is 232. The highest BCUT2D eigenvalue weighted by molar-refractivity contribution is 8.00. The van der Waals surface area contributed by atoms with E-state index in [1.807, 2.05) is 4.90 Å². The minimum atomic E-state index is -0.863. The summed E-state index contributed by atoms with van der Waals surface area (Å²) >= 11 is 1.17. The Hall–Kier alpha value is -0.710. The highest BCUT2D eigenvalue weighted by Crippen LogP contribution is 2.16. The normalized spacial score (nSPS) is 21.2. The molecule has 0 aliphatic carbocycles. The third-order valence-corrected chi connectivity index (χ3v) is 3.13. The Kier molecular flexibility index (Phi) is 4.25. The van der Waals surface area contributed by atoms with Gasteiger partial charge in [0.25, 0.3) is 0 Å². The second-order valence-electron chi connectivity index (χ2n) is 3.62. The number of rotatable bonds is 4. The maximum Gasteiger partial charge on any atom is 0.313 e. The summed E-state index contributed by atoms with van der Waals surface area (Å²) in [6.45, 7) is 3.78. The molecule has 1 unspecified atom stereocenters. The van der Waals surface area contributed by atoms with Gasteiger partial charge in [-0.1, -0.05) is 6.92 Å². The molecular formula is C9H15NO3S. The van der Waals surface area contributed by atoms with Crippen molar-refractivity contribution in [2.45, 2.75) is 13.3 Å². The first-order valence-corrected chi connectivity index (χ1v) is 5.82. The fourth-order valence-corrected chi connectivity index (χ4v) is 2.11. The van der Waals surface area contributed by atoms with Crippen LogP contribution in [0, 0.1) is 5.92 Å². The molecule has 0 spiro atoms. The lowest BCUT2D eigenvalue weighted by molar-refractivity contribution is -0.133. The van der Waals surface area contributed by atoms with E-state index < -0.39 is 5.97 Å². The Balaban J connectivity index is 2.18. The van der Waals surface area contributed by atoms with Crippen molar-refractivity contribution in [2.24, 2.45) is 5.92 Å². The third kappa shape index (κ3) is 3.57. The van der Waals surface area contributed by atoms with Crippen LogP contribution in [0.4, 0.5) is 0 Å². The predicted molar refractivity (Wildman–Crippen MR) is 55.3 cm³/mol. The number of hydrogen-bond donors (Lipinski definition) is 1. The maximum atomic E-state index is 11.5. The average molecular weight is 217 g/mol. The van der Waals surface area contributed by atoms with Crippen molar-refractivity contribution in [2.75, 3.05) is 24.6 Å². The Morgan fingerprint density at radius 2 is 2.21 bits per heavy atom. The summed E-state index contributed by atoms with van der Waals surface area (Å²) < 4.78 is 0. The largest absolute Gasteiger partial charge is 0.481 e. The molecule has 1 rings (SSSR count). The molecule has 1 N–H and O–H groups in total. The number of carboxylic acid groups (broad SMARTS) is 1. The quantitative estimate of drug-likeness (QED) is 0.752. The van der Waals surface area contributed by atoms with Gasteiger partial charge >= 0.3 is 5.97 Å². The lowest BCUT2D eigenvalue weighted by atomic mass is 10.2. The van der Waals surface area contributed by atoms with Crippen molar-refractivity contribution in [1.82, 2.24) is 4.90 Å². The molecule has 4 nitrogen and oxygen atoms in total. The summed E-state index contributed by atoms with van der Waals surface area (Å²) in [6.07, 6.45) is 1.06. The van der Waals surface area contributed by atoms with Crippen LogP contribution in [0.5, 0.6) is 0 Å². The van der Waals surface area contributed by atoms with Crippen LogP contribution in [-0.2, 0) is 9.59 Å². The summed E-state index contributed by atoms with van der Waals surface area (Å²) in [5.74, 6) is 0.0929. The predicted octanol–water partition coefficient (Wildman–Crippen LogP) is 0.673. The number of likely N-dealkylation sites (tertiary alicyclic amines) is 1. The molecule has 1 amide bonds. The lowest BCUT2D eigenvalue weighted by Gasteiger charge is -2.14. The smallest absolute Gasteiger partial charge is 0.313 e. The summed E-state index contributed by atoms with van der Waals surface area (Å²) in [5.41, 5.74) is 0. The van der Waals surface area contributed by atoms with Gasteiger partial charge in [0.15, 0.2) is 0 Å². The highest BCUT2D eigenvalue weighted by atomic mass is 32.2. The topological polar surface area (TPSA) is 57.6 Å². The Morgan fingerprint density at radius 1 is 1.50 bits per heavy atom. The van der Waals surface area contributed by atoms with Crippen molar-refractivity contribution in [3.63, 3.8) is 0 Å². The molecule has 80 valence electrons. The first-order chi connectivity index (χ1) is 6.59. The number of aliphatic carboxylic acids is 1. The fraction of sp³-hybridized carbons (Fsp3) is 0.778. The van der Waals surface area contributed by atoms with Crippen LogP contribution < -0.4 is 0 Å². The van der Waals surface area contributed by atoms with Crippen molar-refractivity contribution >= 4 is 23.6 Å². The first-order valence-electron chi connectivity index (χ1n) is 4.67.